The van der Waals surface area contributed by atoms with E-state index in [9.17, 15) is 9.59 Å². The van der Waals surface area contributed by atoms with Crippen molar-refractivity contribution in [3.63, 3.8) is 0 Å². The summed E-state index contributed by atoms with van der Waals surface area (Å²) in [6, 6.07) is 10.00. The lowest BCUT2D eigenvalue weighted by Gasteiger charge is -2.17. The summed E-state index contributed by atoms with van der Waals surface area (Å²) in [5.74, 6) is 0.979. The van der Waals surface area contributed by atoms with Gasteiger partial charge in [-0.2, -0.15) is 0 Å². The SMILES string of the molecule is CCOc1cc(C(=O)Nc2ccc(C(=O)N(C)C)cc2)cc(OCC)c1OCC. The Morgan fingerprint density at radius 3 is 1.79 bits per heavy atom. The number of amides is 2. The zero-order chi connectivity index (χ0) is 21.4. The number of anilines is 1. The number of ether oxygens (including phenoxy) is 3. The van der Waals surface area contributed by atoms with Crippen molar-refractivity contribution in [3.05, 3.63) is 47.5 Å². The second-order valence-corrected chi connectivity index (χ2v) is 6.33. The highest BCUT2D eigenvalue weighted by molar-refractivity contribution is 6.05. The van der Waals surface area contributed by atoms with Gasteiger partial charge in [-0.15, -0.1) is 0 Å². The molecule has 29 heavy (non-hydrogen) atoms. The molecule has 2 aromatic rings. The average Bonchev–Trinajstić information content (AvgIpc) is 2.70. The van der Waals surface area contributed by atoms with Crippen LogP contribution in [0.25, 0.3) is 0 Å². The monoisotopic (exact) mass is 400 g/mol. The first-order valence-corrected chi connectivity index (χ1v) is 9.60. The van der Waals surface area contributed by atoms with Gasteiger partial charge in [-0.25, -0.2) is 0 Å². The molecule has 0 saturated carbocycles. The van der Waals surface area contributed by atoms with E-state index in [2.05, 4.69) is 5.32 Å². The Hall–Kier alpha value is -3.22. The second-order valence-electron chi connectivity index (χ2n) is 6.33. The molecule has 0 aliphatic carbocycles. The lowest BCUT2D eigenvalue weighted by atomic mass is 10.1. The largest absolute Gasteiger partial charge is 0.490 e. The Morgan fingerprint density at radius 1 is 0.828 bits per heavy atom. The molecule has 0 aromatic heterocycles. The van der Waals surface area contributed by atoms with E-state index in [-0.39, 0.29) is 11.8 Å². The third-order valence-corrected chi connectivity index (χ3v) is 3.97. The standard InChI is InChI=1S/C22H28N2O5/c1-6-27-18-13-16(14-19(28-7-2)20(18)29-8-3)21(25)23-17-11-9-15(10-12-17)22(26)24(4)5/h9-14H,6-8H2,1-5H3,(H,23,25). The smallest absolute Gasteiger partial charge is 0.255 e. The number of nitrogens with zero attached hydrogens (tertiary/aromatic N) is 1. The maximum atomic E-state index is 12.8. The summed E-state index contributed by atoms with van der Waals surface area (Å²) < 4.78 is 17.0. The molecule has 0 heterocycles. The van der Waals surface area contributed by atoms with Crippen LogP contribution in [0.4, 0.5) is 5.69 Å². The Bertz CT molecular complexity index is 820. The van der Waals surface area contributed by atoms with E-state index in [1.807, 2.05) is 20.8 Å². The number of nitrogens with one attached hydrogen (secondary N) is 1. The fourth-order valence-corrected chi connectivity index (χ4v) is 2.68. The highest BCUT2D eigenvalue weighted by Gasteiger charge is 2.18. The molecule has 7 nitrogen and oxygen atoms in total. The molecule has 0 fully saturated rings. The third kappa shape index (κ3) is 5.63. The van der Waals surface area contributed by atoms with Crippen LogP contribution in [0.3, 0.4) is 0 Å². The van der Waals surface area contributed by atoms with Crippen LogP contribution in [0.2, 0.25) is 0 Å². The van der Waals surface area contributed by atoms with Crippen molar-refractivity contribution >= 4 is 17.5 Å². The highest BCUT2D eigenvalue weighted by atomic mass is 16.5. The molecule has 0 aliphatic rings. The fourth-order valence-electron chi connectivity index (χ4n) is 2.68. The van der Waals surface area contributed by atoms with Crippen molar-refractivity contribution in [2.75, 3.05) is 39.2 Å². The predicted octanol–water partition coefficient (Wildman–Crippen LogP) is 3.84. The van der Waals surface area contributed by atoms with Crippen LogP contribution >= 0.6 is 0 Å². The predicted molar refractivity (Wildman–Crippen MR) is 112 cm³/mol. The zero-order valence-electron chi connectivity index (χ0n) is 17.6. The van der Waals surface area contributed by atoms with Crippen LogP contribution in [-0.4, -0.2) is 50.6 Å². The van der Waals surface area contributed by atoms with Crippen molar-refractivity contribution in [1.82, 2.24) is 4.90 Å². The van der Waals surface area contributed by atoms with Gasteiger partial charge in [0.2, 0.25) is 5.75 Å². The van der Waals surface area contributed by atoms with Gasteiger partial charge >= 0.3 is 0 Å². The maximum absolute atomic E-state index is 12.8. The molecular weight excluding hydrogens is 372 g/mol. The Labute approximate surface area is 171 Å². The van der Waals surface area contributed by atoms with E-state index >= 15 is 0 Å². The van der Waals surface area contributed by atoms with E-state index in [0.29, 0.717) is 53.9 Å². The summed E-state index contributed by atoms with van der Waals surface area (Å²) >= 11 is 0. The molecular formula is C22H28N2O5. The summed E-state index contributed by atoms with van der Waals surface area (Å²) in [6.45, 7) is 6.90. The average molecular weight is 400 g/mol. The summed E-state index contributed by atoms with van der Waals surface area (Å²) in [7, 11) is 3.38. The minimum Gasteiger partial charge on any atom is -0.490 e. The number of carbonyl (C=O) groups is 2. The van der Waals surface area contributed by atoms with Crippen LogP contribution in [0.15, 0.2) is 36.4 Å². The molecule has 7 heteroatoms. The van der Waals surface area contributed by atoms with Crippen LogP contribution in [0.5, 0.6) is 17.2 Å². The summed E-state index contributed by atoms with van der Waals surface area (Å²) in [5.41, 5.74) is 1.51. The molecule has 0 spiro atoms. The molecule has 1 N–H and O–H groups in total. The maximum Gasteiger partial charge on any atom is 0.255 e. The highest BCUT2D eigenvalue weighted by Crippen LogP contribution is 2.39. The molecule has 2 aromatic carbocycles. The summed E-state index contributed by atoms with van der Waals surface area (Å²) in [6.07, 6.45) is 0. The molecule has 156 valence electrons. The van der Waals surface area contributed by atoms with Crippen molar-refractivity contribution in [3.8, 4) is 17.2 Å². The van der Waals surface area contributed by atoms with Gasteiger partial charge in [-0.1, -0.05) is 0 Å². The molecule has 0 atom stereocenters. The van der Waals surface area contributed by atoms with E-state index in [1.165, 1.54) is 4.90 Å². The van der Waals surface area contributed by atoms with E-state index < -0.39 is 0 Å². The van der Waals surface area contributed by atoms with E-state index in [0.717, 1.165) is 0 Å². The van der Waals surface area contributed by atoms with Gasteiger partial charge in [0.25, 0.3) is 11.8 Å². The topological polar surface area (TPSA) is 77.1 Å². The Balaban J connectivity index is 2.28. The van der Waals surface area contributed by atoms with Crippen LogP contribution in [-0.2, 0) is 0 Å². The van der Waals surface area contributed by atoms with Gasteiger partial charge in [0, 0.05) is 30.9 Å². The van der Waals surface area contributed by atoms with Crippen molar-refractivity contribution < 1.29 is 23.8 Å². The molecule has 0 bridgehead atoms. The van der Waals surface area contributed by atoms with Gasteiger partial charge < -0.3 is 24.4 Å². The summed E-state index contributed by atoms with van der Waals surface area (Å²) in [4.78, 5) is 26.3. The zero-order valence-corrected chi connectivity index (χ0v) is 17.6. The first-order valence-electron chi connectivity index (χ1n) is 9.60. The molecule has 0 saturated heterocycles. The van der Waals surface area contributed by atoms with Gasteiger partial charge in [0.05, 0.1) is 19.8 Å². The quantitative estimate of drug-likeness (QED) is 0.692. The first-order chi connectivity index (χ1) is 13.9. The van der Waals surface area contributed by atoms with E-state index in [1.54, 1.807) is 50.5 Å². The van der Waals surface area contributed by atoms with Crippen LogP contribution in [0, 0.1) is 0 Å². The van der Waals surface area contributed by atoms with Crippen LogP contribution < -0.4 is 19.5 Å². The van der Waals surface area contributed by atoms with E-state index in [4.69, 9.17) is 14.2 Å². The summed E-state index contributed by atoms with van der Waals surface area (Å²) in [5, 5.41) is 2.83. The molecule has 0 radical (unpaired) electrons. The van der Waals surface area contributed by atoms with Crippen molar-refractivity contribution in [1.29, 1.82) is 0 Å². The first kappa shape index (κ1) is 22.1. The molecule has 2 rings (SSSR count). The number of hydrogen-bond donors (Lipinski definition) is 1. The normalized spacial score (nSPS) is 10.2. The number of rotatable bonds is 9. The Kier molecular flexibility index (Phi) is 7.88. The lowest BCUT2D eigenvalue weighted by Crippen LogP contribution is -2.21. The van der Waals surface area contributed by atoms with Gasteiger partial charge in [0.1, 0.15) is 0 Å². The van der Waals surface area contributed by atoms with Crippen LogP contribution in [0.1, 0.15) is 41.5 Å². The second kappa shape index (κ2) is 10.4. The third-order valence-electron chi connectivity index (χ3n) is 3.97. The minimum atomic E-state index is -0.318. The fraction of sp³-hybridized carbons (Fsp3) is 0.364. The van der Waals surface area contributed by atoms with Crippen molar-refractivity contribution in [2.45, 2.75) is 20.8 Å². The van der Waals surface area contributed by atoms with Gasteiger partial charge in [-0.3, -0.25) is 9.59 Å². The number of carbonyl (C=O) groups excluding carboxylic acids is 2. The molecule has 0 aliphatic heterocycles. The minimum absolute atomic E-state index is 0.0999. The number of benzene rings is 2. The van der Waals surface area contributed by atoms with Gasteiger partial charge in [0.15, 0.2) is 11.5 Å². The lowest BCUT2D eigenvalue weighted by molar-refractivity contribution is 0.0827. The Morgan fingerprint density at radius 2 is 1.34 bits per heavy atom. The molecule has 2 amide bonds. The number of hydrogen-bond acceptors (Lipinski definition) is 5. The van der Waals surface area contributed by atoms with Gasteiger partial charge in [-0.05, 0) is 57.2 Å². The van der Waals surface area contributed by atoms with Crippen molar-refractivity contribution in [2.24, 2.45) is 0 Å². The molecule has 0 unspecified atom stereocenters.